The van der Waals surface area contributed by atoms with Gasteiger partial charge in [0.1, 0.15) is 22.5 Å². The van der Waals surface area contributed by atoms with E-state index in [2.05, 4.69) is 146 Å². The molecule has 0 amide bonds. The van der Waals surface area contributed by atoms with E-state index in [1.54, 1.807) is 0 Å². The van der Waals surface area contributed by atoms with Gasteiger partial charge in [-0.15, -0.1) is 11.3 Å². The second-order valence-electron chi connectivity index (χ2n) is 16.4. The first-order valence-electron chi connectivity index (χ1n) is 21.1. The molecule has 0 fully saturated rings. The molecule has 6 heteroatoms. The summed E-state index contributed by atoms with van der Waals surface area (Å²) < 4.78 is 21.6. The molecule has 9 aromatic carbocycles. The molecule has 14 rings (SSSR count). The number of nitrogens with zero attached hydrogens (tertiary/aromatic N) is 2. The number of oxazole rings is 2. The van der Waals surface area contributed by atoms with Gasteiger partial charge in [0, 0.05) is 42.4 Å². The lowest BCUT2D eigenvalue weighted by molar-refractivity contribution is 0.436. The predicted molar refractivity (Wildman–Crippen MR) is 254 cm³/mol. The highest BCUT2D eigenvalue weighted by molar-refractivity contribution is 7.25. The molecule has 63 heavy (non-hydrogen) atoms. The Labute approximate surface area is 365 Å². The second-order valence-corrected chi connectivity index (χ2v) is 17.5. The average molecular weight is 825 g/mol. The van der Waals surface area contributed by atoms with Crippen molar-refractivity contribution < 1.29 is 13.6 Å². The topological polar surface area (TPSA) is 61.3 Å². The Morgan fingerprint density at radius 3 is 1.46 bits per heavy atom. The van der Waals surface area contributed by atoms with Gasteiger partial charge in [-0.05, 0) is 117 Å². The summed E-state index contributed by atoms with van der Waals surface area (Å²) in [5.41, 5.74) is 16.2. The SMILES string of the molecule is c1ccc2c(c1)Oc1ccccc1C21c2ccccc2-c2ccc(-c3ccc4c(c3)sc3cc(-c5cc(-c6nc7ccccc7o6)cc(-c6nc7ccccc7o6)c5)ccc34)cc21. The zero-order valence-electron chi connectivity index (χ0n) is 33.5. The van der Waals surface area contributed by atoms with Crippen LogP contribution in [0.1, 0.15) is 22.3 Å². The van der Waals surface area contributed by atoms with Crippen LogP contribution in [-0.4, -0.2) is 9.97 Å². The van der Waals surface area contributed by atoms with Crippen molar-refractivity contribution in [2.75, 3.05) is 0 Å². The molecule has 0 bridgehead atoms. The third-order valence-electron chi connectivity index (χ3n) is 13.0. The molecule has 0 saturated heterocycles. The van der Waals surface area contributed by atoms with Crippen LogP contribution in [0.25, 0.3) is 98.7 Å². The van der Waals surface area contributed by atoms with Crippen LogP contribution >= 0.6 is 11.3 Å². The first-order chi connectivity index (χ1) is 31.2. The van der Waals surface area contributed by atoms with E-state index in [9.17, 15) is 0 Å². The Morgan fingerprint density at radius 2 is 0.841 bits per heavy atom. The predicted octanol–water partition coefficient (Wildman–Crippen LogP) is 15.5. The van der Waals surface area contributed by atoms with Gasteiger partial charge in [0.15, 0.2) is 11.2 Å². The Kier molecular flexibility index (Phi) is 7.13. The van der Waals surface area contributed by atoms with Crippen molar-refractivity contribution in [2.45, 2.75) is 5.41 Å². The van der Waals surface area contributed by atoms with Gasteiger partial charge in [0.05, 0.1) is 5.41 Å². The fraction of sp³-hybridized carbons (Fsp3) is 0.0175. The minimum Gasteiger partial charge on any atom is -0.457 e. The van der Waals surface area contributed by atoms with Crippen molar-refractivity contribution in [2.24, 2.45) is 0 Å². The van der Waals surface area contributed by atoms with Crippen molar-refractivity contribution in [3.8, 4) is 67.8 Å². The zero-order chi connectivity index (χ0) is 41.2. The number of ether oxygens (including phenoxy) is 1. The van der Waals surface area contributed by atoms with Gasteiger partial charge in [-0.1, -0.05) is 121 Å². The van der Waals surface area contributed by atoms with Crippen LogP contribution in [-0.2, 0) is 5.41 Å². The number of thiophene rings is 1. The number of fused-ring (bicyclic) bond motifs is 14. The number of aromatic nitrogens is 2. The van der Waals surface area contributed by atoms with Gasteiger partial charge in [-0.25, -0.2) is 9.97 Å². The first kappa shape index (κ1) is 34.6. The minimum atomic E-state index is -0.510. The van der Waals surface area contributed by atoms with Crippen molar-refractivity contribution in [3.63, 3.8) is 0 Å². The lowest BCUT2D eigenvalue weighted by atomic mass is 9.66. The van der Waals surface area contributed by atoms with E-state index >= 15 is 0 Å². The molecule has 0 unspecified atom stereocenters. The smallest absolute Gasteiger partial charge is 0.227 e. The lowest BCUT2D eigenvalue weighted by Crippen LogP contribution is -2.32. The summed E-state index contributed by atoms with van der Waals surface area (Å²) >= 11 is 1.83. The Morgan fingerprint density at radius 1 is 0.365 bits per heavy atom. The van der Waals surface area contributed by atoms with Gasteiger partial charge in [0.25, 0.3) is 0 Å². The Bertz CT molecular complexity index is 3670. The number of hydrogen-bond donors (Lipinski definition) is 0. The molecule has 1 aliphatic heterocycles. The molecule has 1 spiro atoms. The summed E-state index contributed by atoms with van der Waals surface area (Å²) in [5.74, 6) is 2.90. The highest BCUT2D eigenvalue weighted by atomic mass is 32.1. The van der Waals surface area contributed by atoms with Gasteiger partial charge in [0.2, 0.25) is 11.8 Å². The summed E-state index contributed by atoms with van der Waals surface area (Å²) in [5, 5.41) is 2.48. The molecule has 5 nitrogen and oxygen atoms in total. The van der Waals surface area contributed by atoms with Crippen molar-refractivity contribution in [3.05, 3.63) is 216 Å². The first-order valence-corrected chi connectivity index (χ1v) is 21.9. The van der Waals surface area contributed by atoms with Crippen LogP contribution < -0.4 is 4.74 Å². The van der Waals surface area contributed by atoms with Crippen LogP contribution in [0.2, 0.25) is 0 Å². The Hall–Kier alpha value is -8.06. The van der Waals surface area contributed by atoms with Crippen molar-refractivity contribution in [1.82, 2.24) is 9.97 Å². The van der Waals surface area contributed by atoms with E-state index < -0.39 is 5.41 Å². The van der Waals surface area contributed by atoms with Gasteiger partial charge in [-0.2, -0.15) is 0 Å². The molecule has 3 aromatic heterocycles. The highest BCUT2D eigenvalue weighted by Gasteiger charge is 2.51. The summed E-state index contributed by atoms with van der Waals surface area (Å²) in [6.07, 6.45) is 0. The van der Waals surface area contributed by atoms with E-state index in [4.69, 9.17) is 23.5 Å². The molecule has 4 heterocycles. The fourth-order valence-corrected chi connectivity index (χ4v) is 11.4. The summed E-state index contributed by atoms with van der Waals surface area (Å²) in [7, 11) is 0. The number of para-hydroxylation sites is 6. The molecule has 0 N–H and O–H groups in total. The third-order valence-corrected chi connectivity index (χ3v) is 14.1. The molecule has 0 atom stereocenters. The van der Waals surface area contributed by atoms with E-state index in [1.165, 1.54) is 64.7 Å². The summed E-state index contributed by atoms with van der Waals surface area (Å²) in [4.78, 5) is 9.72. The molecule has 1 aliphatic carbocycles. The quantitative estimate of drug-likeness (QED) is 0.177. The largest absolute Gasteiger partial charge is 0.457 e. The number of rotatable bonds is 4. The maximum Gasteiger partial charge on any atom is 0.227 e. The molecule has 0 radical (unpaired) electrons. The number of benzene rings is 9. The van der Waals surface area contributed by atoms with Crippen LogP contribution in [0.15, 0.2) is 203 Å². The van der Waals surface area contributed by atoms with Crippen molar-refractivity contribution in [1.29, 1.82) is 0 Å². The maximum absolute atomic E-state index is 6.58. The molecule has 2 aliphatic rings. The van der Waals surface area contributed by atoms with Crippen LogP contribution in [0.4, 0.5) is 0 Å². The van der Waals surface area contributed by atoms with E-state index in [1.807, 2.05) is 59.9 Å². The van der Waals surface area contributed by atoms with E-state index in [-0.39, 0.29) is 0 Å². The van der Waals surface area contributed by atoms with E-state index in [0.29, 0.717) is 11.8 Å². The van der Waals surface area contributed by atoms with Gasteiger partial charge in [-0.3, -0.25) is 0 Å². The molecule has 294 valence electrons. The highest BCUT2D eigenvalue weighted by Crippen LogP contribution is 2.62. The average Bonchev–Trinajstić information content (AvgIpc) is 4.13. The normalized spacial score (nSPS) is 13.3. The lowest BCUT2D eigenvalue weighted by Gasteiger charge is -2.39. The zero-order valence-corrected chi connectivity index (χ0v) is 34.3. The van der Waals surface area contributed by atoms with Crippen LogP contribution in [0.5, 0.6) is 11.5 Å². The molecular weight excluding hydrogens is 793 g/mol. The Balaban J connectivity index is 0.897. The minimum absolute atomic E-state index is 0.510. The standard InChI is InChI=1S/C57H32N2O3S/c1-2-12-43-39(11-1)40-24-21-33(30-46(40)57(43)44-13-3-7-17-49(44)60-50-18-8-4-14-45(50)57)34-22-25-41-42-26-23-35(32-54(42)63-53(41)31-34)36-27-37(55-58-47-15-5-9-19-51(47)61-55)29-38(28-36)56-59-48-16-6-10-20-52(48)62-56/h1-32H. The maximum atomic E-state index is 6.58. The van der Waals surface area contributed by atoms with Crippen LogP contribution in [0.3, 0.4) is 0 Å². The third kappa shape index (κ3) is 5.04. The van der Waals surface area contributed by atoms with Gasteiger partial charge >= 0.3 is 0 Å². The number of hydrogen-bond acceptors (Lipinski definition) is 6. The van der Waals surface area contributed by atoms with Gasteiger partial charge < -0.3 is 13.6 Å². The fourth-order valence-electron chi connectivity index (χ4n) is 10.2. The molecule has 12 aromatic rings. The second kappa shape index (κ2) is 13.0. The molecular formula is C57H32N2O3S. The monoisotopic (exact) mass is 824 g/mol. The van der Waals surface area contributed by atoms with Crippen molar-refractivity contribution >= 4 is 53.7 Å². The summed E-state index contributed by atoms with van der Waals surface area (Å²) in [6.45, 7) is 0. The van der Waals surface area contributed by atoms with Crippen LogP contribution in [0, 0.1) is 0 Å². The summed E-state index contributed by atoms with van der Waals surface area (Å²) in [6, 6.07) is 68.8. The molecule has 0 saturated carbocycles. The van der Waals surface area contributed by atoms with E-state index in [0.717, 1.165) is 56.0 Å².